The molecule has 0 atom stereocenters. The summed E-state index contributed by atoms with van der Waals surface area (Å²) in [5, 5.41) is 0. The number of rotatable bonds is 5. The van der Waals surface area contributed by atoms with Crippen LogP contribution in [0.2, 0.25) is 0 Å². The highest BCUT2D eigenvalue weighted by Crippen LogP contribution is 2.39. The van der Waals surface area contributed by atoms with E-state index >= 15 is 0 Å². The summed E-state index contributed by atoms with van der Waals surface area (Å²) < 4.78 is 5.73. The average Bonchev–Trinajstić information content (AvgIpc) is 2.61. The topological polar surface area (TPSA) is 52.3 Å². The van der Waals surface area contributed by atoms with Crippen LogP contribution in [0.5, 0.6) is 0 Å². The summed E-state index contributed by atoms with van der Waals surface area (Å²) in [5.41, 5.74) is 10.4. The Kier molecular flexibility index (Phi) is 4.26. The summed E-state index contributed by atoms with van der Waals surface area (Å²) in [6, 6.07) is 6.21. The molecule has 0 bridgehead atoms. The predicted molar refractivity (Wildman–Crippen MR) is 82.1 cm³/mol. The van der Waals surface area contributed by atoms with Crippen molar-refractivity contribution in [1.82, 2.24) is 4.48 Å². The second-order valence-corrected chi connectivity index (χ2v) is 5.57. The van der Waals surface area contributed by atoms with Crippen LogP contribution in [-0.2, 0) is 16.0 Å². The lowest BCUT2D eigenvalue weighted by Gasteiger charge is -2.21. The molecule has 4 nitrogen and oxygen atoms in total. The molecule has 1 aliphatic rings. The highest BCUT2D eigenvalue weighted by molar-refractivity contribution is 5.83. The van der Waals surface area contributed by atoms with Crippen LogP contribution in [0, 0.1) is 0 Å². The first-order chi connectivity index (χ1) is 9.47. The lowest BCUT2D eigenvalue weighted by atomic mass is 10.0. The Hall–Kier alpha value is -1.65. The third-order valence-electron chi connectivity index (χ3n) is 3.57. The fourth-order valence-electron chi connectivity index (χ4n) is 2.71. The third-order valence-corrected chi connectivity index (χ3v) is 3.57. The highest BCUT2D eigenvalue weighted by atomic mass is 16.5. The van der Waals surface area contributed by atoms with Gasteiger partial charge in [-0.2, -0.15) is 0 Å². The SMILES string of the molecule is CCOC(=O)Cc1ccc2c(c1)C(CCN)=C[N+]2(C)C. The van der Waals surface area contributed by atoms with Gasteiger partial charge in [0, 0.05) is 17.2 Å². The van der Waals surface area contributed by atoms with Gasteiger partial charge >= 0.3 is 5.97 Å². The first-order valence-corrected chi connectivity index (χ1v) is 7.03. The van der Waals surface area contributed by atoms with Gasteiger partial charge in [0.1, 0.15) is 11.9 Å². The van der Waals surface area contributed by atoms with Crippen LogP contribution in [0.15, 0.2) is 24.4 Å². The van der Waals surface area contributed by atoms with Crippen molar-refractivity contribution < 1.29 is 9.53 Å². The van der Waals surface area contributed by atoms with Gasteiger partial charge in [0.15, 0.2) is 0 Å². The van der Waals surface area contributed by atoms with Crippen LogP contribution < -0.4 is 10.2 Å². The molecule has 0 saturated carbocycles. The summed E-state index contributed by atoms with van der Waals surface area (Å²) in [5.74, 6) is -0.177. The van der Waals surface area contributed by atoms with Crippen LogP contribution in [0.1, 0.15) is 24.5 Å². The van der Waals surface area contributed by atoms with E-state index in [0.717, 1.165) is 16.5 Å². The van der Waals surface area contributed by atoms with Crippen LogP contribution >= 0.6 is 0 Å². The number of nitrogens with zero attached hydrogens (tertiary/aromatic N) is 1. The Morgan fingerprint density at radius 1 is 1.35 bits per heavy atom. The van der Waals surface area contributed by atoms with Gasteiger partial charge in [-0.3, -0.25) is 9.28 Å². The molecule has 1 aromatic carbocycles. The molecular formula is C16H23N2O2+. The van der Waals surface area contributed by atoms with E-state index in [4.69, 9.17) is 10.5 Å². The number of fused-ring (bicyclic) bond motifs is 1. The van der Waals surface area contributed by atoms with Gasteiger partial charge in [-0.15, -0.1) is 0 Å². The van der Waals surface area contributed by atoms with Gasteiger partial charge in [-0.25, -0.2) is 0 Å². The van der Waals surface area contributed by atoms with Crippen LogP contribution in [-0.4, -0.2) is 33.2 Å². The van der Waals surface area contributed by atoms with Gasteiger partial charge < -0.3 is 10.5 Å². The van der Waals surface area contributed by atoms with Crippen molar-refractivity contribution in [3.8, 4) is 0 Å². The molecular weight excluding hydrogens is 252 g/mol. The summed E-state index contributed by atoms with van der Waals surface area (Å²) in [7, 11) is 4.29. The average molecular weight is 275 g/mol. The van der Waals surface area contributed by atoms with E-state index in [1.54, 1.807) is 0 Å². The van der Waals surface area contributed by atoms with E-state index in [2.05, 4.69) is 32.4 Å². The van der Waals surface area contributed by atoms with E-state index in [-0.39, 0.29) is 5.97 Å². The second kappa shape index (κ2) is 5.77. The summed E-state index contributed by atoms with van der Waals surface area (Å²) in [6.45, 7) is 2.88. The number of esters is 1. The minimum Gasteiger partial charge on any atom is -0.466 e. The van der Waals surface area contributed by atoms with E-state index in [9.17, 15) is 4.79 Å². The Morgan fingerprint density at radius 2 is 2.10 bits per heavy atom. The first-order valence-electron chi connectivity index (χ1n) is 7.03. The molecule has 2 rings (SSSR count). The summed E-state index contributed by atoms with van der Waals surface area (Å²) in [6.07, 6.45) is 3.41. The lowest BCUT2D eigenvalue weighted by molar-refractivity contribution is -0.142. The predicted octanol–water partition coefficient (Wildman–Crippen LogP) is 2.06. The number of carbonyl (C=O) groups excluding carboxylic acids is 1. The molecule has 0 unspecified atom stereocenters. The van der Waals surface area contributed by atoms with Gasteiger partial charge in [0.25, 0.3) is 0 Å². The maximum Gasteiger partial charge on any atom is 0.310 e. The third kappa shape index (κ3) is 2.92. The maximum absolute atomic E-state index is 11.6. The number of hydrogen-bond donors (Lipinski definition) is 1. The monoisotopic (exact) mass is 275 g/mol. The largest absolute Gasteiger partial charge is 0.466 e. The van der Waals surface area contributed by atoms with Crippen LogP contribution in [0.25, 0.3) is 5.57 Å². The van der Waals surface area contributed by atoms with Crippen molar-refractivity contribution in [2.75, 3.05) is 27.2 Å². The number of quaternary nitrogens is 1. The Bertz CT molecular complexity index is 547. The Labute approximate surface area is 120 Å². The fraction of sp³-hybridized carbons (Fsp3) is 0.438. The van der Waals surface area contributed by atoms with Crippen molar-refractivity contribution in [2.24, 2.45) is 5.73 Å². The molecule has 0 saturated heterocycles. The molecule has 1 aromatic rings. The van der Waals surface area contributed by atoms with Crippen molar-refractivity contribution in [3.63, 3.8) is 0 Å². The lowest BCUT2D eigenvalue weighted by Crippen LogP contribution is -2.31. The van der Waals surface area contributed by atoms with Crippen LogP contribution in [0.4, 0.5) is 5.69 Å². The van der Waals surface area contributed by atoms with E-state index < -0.39 is 0 Å². The normalized spacial score (nSPS) is 15.7. The minimum atomic E-state index is -0.177. The van der Waals surface area contributed by atoms with Crippen molar-refractivity contribution >= 4 is 17.2 Å². The zero-order valence-corrected chi connectivity index (χ0v) is 12.5. The van der Waals surface area contributed by atoms with E-state index in [1.165, 1.54) is 16.8 Å². The van der Waals surface area contributed by atoms with Gasteiger partial charge in [0.2, 0.25) is 0 Å². The molecule has 0 amide bonds. The Balaban J connectivity index is 2.29. The first kappa shape index (κ1) is 14.8. The number of ether oxygens (including phenoxy) is 1. The van der Waals surface area contributed by atoms with Gasteiger partial charge in [-0.1, -0.05) is 6.07 Å². The standard InChI is InChI=1S/C16H23N2O2/c1-4-20-16(19)10-12-5-6-15-14(9-12)13(7-8-17)11-18(15,2)3/h5-6,9,11H,4,7-8,10,17H2,1-3H3/q+1. The smallest absolute Gasteiger partial charge is 0.310 e. The molecule has 0 radical (unpaired) electrons. The Morgan fingerprint density at radius 3 is 2.75 bits per heavy atom. The fourth-order valence-corrected chi connectivity index (χ4v) is 2.71. The number of carbonyl (C=O) groups is 1. The zero-order valence-electron chi connectivity index (χ0n) is 12.5. The summed E-state index contributed by atoms with van der Waals surface area (Å²) in [4.78, 5) is 11.6. The second-order valence-electron chi connectivity index (χ2n) is 5.57. The number of hydrogen-bond acceptors (Lipinski definition) is 3. The molecule has 1 aliphatic heterocycles. The highest BCUT2D eigenvalue weighted by Gasteiger charge is 2.30. The molecule has 108 valence electrons. The molecule has 0 fully saturated rings. The molecule has 20 heavy (non-hydrogen) atoms. The van der Waals surface area contributed by atoms with E-state index in [0.29, 0.717) is 19.6 Å². The van der Waals surface area contributed by atoms with Crippen molar-refractivity contribution in [3.05, 3.63) is 35.5 Å². The van der Waals surface area contributed by atoms with E-state index in [1.807, 2.05) is 13.0 Å². The molecule has 1 heterocycles. The molecule has 4 heteroatoms. The van der Waals surface area contributed by atoms with Crippen molar-refractivity contribution in [2.45, 2.75) is 19.8 Å². The van der Waals surface area contributed by atoms with Gasteiger partial charge in [-0.05, 0) is 31.5 Å². The van der Waals surface area contributed by atoms with Crippen molar-refractivity contribution in [1.29, 1.82) is 0 Å². The molecule has 0 aromatic heterocycles. The molecule has 2 N–H and O–H groups in total. The number of nitrogens with two attached hydrogens (primary N) is 1. The summed E-state index contributed by atoms with van der Waals surface area (Å²) >= 11 is 0. The number of benzene rings is 1. The van der Waals surface area contributed by atoms with Crippen LogP contribution in [0.3, 0.4) is 0 Å². The molecule has 0 aliphatic carbocycles. The quantitative estimate of drug-likeness (QED) is 0.661. The maximum atomic E-state index is 11.6. The van der Waals surface area contributed by atoms with Gasteiger partial charge in [0.05, 0.1) is 27.1 Å². The minimum absolute atomic E-state index is 0.177. The molecule has 0 spiro atoms. The zero-order chi connectivity index (χ0) is 14.8.